The molecule has 2 aromatic rings. The van der Waals surface area contributed by atoms with Crippen molar-refractivity contribution in [3.63, 3.8) is 0 Å². The van der Waals surface area contributed by atoms with E-state index in [1.54, 1.807) is 25.1 Å². The maximum absolute atomic E-state index is 12.5. The maximum Gasteiger partial charge on any atom is 0.252 e. The Kier molecular flexibility index (Phi) is 8.14. The molecule has 0 unspecified atom stereocenters. The van der Waals surface area contributed by atoms with Gasteiger partial charge >= 0.3 is 0 Å². The molecule has 0 spiro atoms. The van der Waals surface area contributed by atoms with E-state index in [1.807, 2.05) is 30.3 Å². The van der Waals surface area contributed by atoms with E-state index < -0.39 is 0 Å². The predicted octanol–water partition coefficient (Wildman–Crippen LogP) is 3.97. The molecule has 0 atom stereocenters. The molecule has 0 aliphatic heterocycles. The van der Waals surface area contributed by atoms with Gasteiger partial charge in [0.1, 0.15) is 12.4 Å². The Balaban J connectivity index is 1.84. The number of thioether (sulfide) groups is 1. The Morgan fingerprint density at radius 2 is 1.69 bits per heavy atom. The summed E-state index contributed by atoms with van der Waals surface area (Å²) in [4.78, 5) is 26.7. The lowest BCUT2D eigenvalue weighted by molar-refractivity contribution is -0.125. The third-order valence-electron chi connectivity index (χ3n) is 4.36. The van der Waals surface area contributed by atoms with Crippen molar-refractivity contribution in [3.8, 4) is 5.75 Å². The molecule has 0 aliphatic carbocycles. The first-order chi connectivity index (χ1) is 13.7. The second-order valence-corrected chi connectivity index (χ2v) is 8.97. The molecule has 156 valence electrons. The highest BCUT2D eigenvalue weighted by molar-refractivity contribution is 8.00. The summed E-state index contributed by atoms with van der Waals surface area (Å²) >= 11 is 1.37. The van der Waals surface area contributed by atoms with Gasteiger partial charge in [0.25, 0.3) is 5.91 Å². The molecule has 0 aromatic heterocycles. The van der Waals surface area contributed by atoms with Gasteiger partial charge in [0.2, 0.25) is 5.91 Å². The van der Waals surface area contributed by atoms with Gasteiger partial charge in [-0.05, 0) is 35.2 Å². The number of carbonyl (C=O) groups is 2. The molecule has 0 aliphatic rings. The molecule has 1 N–H and O–H groups in total. The summed E-state index contributed by atoms with van der Waals surface area (Å²) in [5.41, 5.74) is 1.92. The highest BCUT2D eigenvalue weighted by Crippen LogP contribution is 2.24. The van der Waals surface area contributed by atoms with Gasteiger partial charge in [-0.3, -0.25) is 9.59 Å². The van der Waals surface area contributed by atoms with Crippen LogP contribution in [0.15, 0.2) is 53.4 Å². The molecule has 2 amide bonds. The number of ether oxygens (including phenoxy) is 1. The van der Waals surface area contributed by atoms with Crippen molar-refractivity contribution < 1.29 is 14.3 Å². The van der Waals surface area contributed by atoms with Crippen LogP contribution in [0.4, 0.5) is 0 Å². The van der Waals surface area contributed by atoms with Crippen LogP contribution in [-0.2, 0) is 10.2 Å². The standard InChI is InChI=1S/C23H30N2O3S/c1-23(2,3)17-10-12-18(13-11-17)28-15-14-24-22(27)19-8-6-7-9-20(19)29-16-21(26)25(4)5/h6-13H,14-16H2,1-5H3,(H,24,27). The quantitative estimate of drug-likeness (QED) is 0.524. The van der Waals surface area contributed by atoms with Crippen LogP contribution < -0.4 is 10.1 Å². The number of hydrogen-bond acceptors (Lipinski definition) is 4. The largest absolute Gasteiger partial charge is 0.492 e. The third kappa shape index (κ3) is 7.13. The van der Waals surface area contributed by atoms with Crippen LogP contribution in [0, 0.1) is 0 Å². The first kappa shape index (κ1) is 22.8. The van der Waals surface area contributed by atoms with Gasteiger partial charge in [-0.1, -0.05) is 45.0 Å². The van der Waals surface area contributed by atoms with Crippen molar-refractivity contribution in [2.24, 2.45) is 0 Å². The summed E-state index contributed by atoms with van der Waals surface area (Å²) in [6.45, 7) is 7.30. The minimum atomic E-state index is -0.169. The zero-order valence-electron chi connectivity index (χ0n) is 17.8. The molecule has 0 fully saturated rings. The van der Waals surface area contributed by atoms with Gasteiger partial charge in [-0.15, -0.1) is 11.8 Å². The van der Waals surface area contributed by atoms with Crippen molar-refractivity contribution in [1.29, 1.82) is 0 Å². The van der Waals surface area contributed by atoms with Crippen molar-refractivity contribution in [2.75, 3.05) is 33.0 Å². The molecule has 0 saturated carbocycles. The molecule has 0 radical (unpaired) electrons. The molecule has 2 aromatic carbocycles. The van der Waals surface area contributed by atoms with E-state index in [2.05, 4.69) is 38.2 Å². The Labute approximate surface area is 177 Å². The normalized spacial score (nSPS) is 11.1. The van der Waals surface area contributed by atoms with Crippen LogP contribution in [-0.4, -0.2) is 49.7 Å². The van der Waals surface area contributed by atoms with Crippen molar-refractivity contribution >= 4 is 23.6 Å². The molecule has 2 rings (SSSR count). The van der Waals surface area contributed by atoms with Gasteiger partial charge in [-0.25, -0.2) is 0 Å². The second-order valence-electron chi connectivity index (χ2n) is 7.95. The number of amides is 2. The van der Waals surface area contributed by atoms with Crippen LogP contribution in [0.1, 0.15) is 36.7 Å². The van der Waals surface area contributed by atoms with E-state index in [0.717, 1.165) is 10.6 Å². The molecule has 5 nitrogen and oxygen atoms in total. The number of rotatable bonds is 8. The molecular formula is C23H30N2O3S. The zero-order valence-corrected chi connectivity index (χ0v) is 18.6. The number of benzene rings is 2. The lowest BCUT2D eigenvalue weighted by atomic mass is 9.87. The topological polar surface area (TPSA) is 58.6 Å². The second kappa shape index (κ2) is 10.3. The van der Waals surface area contributed by atoms with Crippen LogP contribution in [0.2, 0.25) is 0 Å². The van der Waals surface area contributed by atoms with Crippen LogP contribution >= 0.6 is 11.8 Å². The summed E-state index contributed by atoms with van der Waals surface area (Å²) in [5, 5.41) is 2.88. The van der Waals surface area contributed by atoms with Gasteiger partial charge < -0.3 is 15.0 Å². The molecule has 6 heteroatoms. The number of hydrogen-bond donors (Lipinski definition) is 1. The van der Waals surface area contributed by atoms with Crippen molar-refractivity contribution in [1.82, 2.24) is 10.2 Å². The van der Waals surface area contributed by atoms with Gasteiger partial charge in [0.15, 0.2) is 0 Å². The fourth-order valence-electron chi connectivity index (χ4n) is 2.53. The highest BCUT2D eigenvalue weighted by Gasteiger charge is 2.14. The van der Waals surface area contributed by atoms with E-state index in [4.69, 9.17) is 4.74 Å². The SMILES string of the molecule is CN(C)C(=O)CSc1ccccc1C(=O)NCCOc1ccc(C(C)(C)C)cc1. The zero-order chi connectivity index (χ0) is 21.4. The summed E-state index contributed by atoms with van der Waals surface area (Å²) in [6.07, 6.45) is 0. The number of carbonyl (C=O) groups excluding carboxylic acids is 2. The Bertz CT molecular complexity index is 827. The minimum Gasteiger partial charge on any atom is -0.492 e. The Morgan fingerprint density at radius 1 is 1.03 bits per heavy atom. The number of nitrogens with one attached hydrogen (secondary N) is 1. The third-order valence-corrected chi connectivity index (χ3v) is 5.42. The smallest absolute Gasteiger partial charge is 0.252 e. The van der Waals surface area contributed by atoms with Gasteiger partial charge in [-0.2, -0.15) is 0 Å². The van der Waals surface area contributed by atoms with Crippen LogP contribution in [0.3, 0.4) is 0 Å². The molecule has 0 heterocycles. The first-order valence-corrected chi connectivity index (χ1v) is 10.6. The summed E-state index contributed by atoms with van der Waals surface area (Å²) in [5.74, 6) is 0.920. The molecule has 0 bridgehead atoms. The Morgan fingerprint density at radius 3 is 2.31 bits per heavy atom. The van der Waals surface area contributed by atoms with E-state index >= 15 is 0 Å². The van der Waals surface area contributed by atoms with Gasteiger partial charge in [0.05, 0.1) is 17.9 Å². The highest BCUT2D eigenvalue weighted by atomic mass is 32.2. The van der Waals surface area contributed by atoms with E-state index in [1.165, 1.54) is 17.3 Å². The Hall–Kier alpha value is -2.47. The average molecular weight is 415 g/mol. The lowest BCUT2D eigenvalue weighted by Gasteiger charge is -2.19. The maximum atomic E-state index is 12.5. The first-order valence-electron chi connectivity index (χ1n) is 9.62. The minimum absolute atomic E-state index is 0.0103. The van der Waals surface area contributed by atoms with E-state index in [9.17, 15) is 9.59 Å². The van der Waals surface area contributed by atoms with Crippen molar-refractivity contribution in [2.45, 2.75) is 31.1 Å². The fraction of sp³-hybridized carbons (Fsp3) is 0.391. The number of nitrogens with zero attached hydrogens (tertiary/aromatic N) is 1. The van der Waals surface area contributed by atoms with Crippen LogP contribution in [0.5, 0.6) is 5.75 Å². The fourth-order valence-corrected chi connectivity index (χ4v) is 3.56. The average Bonchev–Trinajstić information content (AvgIpc) is 2.69. The van der Waals surface area contributed by atoms with E-state index in [-0.39, 0.29) is 17.2 Å². The monoisotopic (exact) mass is 414 g/mol. The molecular weight excluding hydrogens is 384 g/mol. The predicted molar refractivity (Wildman–Crippen MR) is 119 cm³/mol. The molecule has 29 heavy (non-hydrogen) atoms. The lowest BCUT2D eigenvalue weighted by Crippen LogP contribution is -2.28. The summed E-state index contributed by atoms with van der Waals surface area (Å²) < 4.78 is 5.73. The van der Waals surface area contributed by atoms with E-state index in [0.29, 0.717) is 24.5 Å². The van der Waals surface area contributed by atoms with Crippen molar-refractivity contribution in [3.05, 3.63) is 59.7 Å². The molecule has 0 saturated heterocycles. The van der Waals surface area contributed by atoms with Gasteiger partial charge in [0, 0.05) is 19.0 Å². The van der Waals surface area contributed by atoms with Crippen LogP contribution in [0.25, 0.3) is 0 Å². The summed E-state index contributed by atoms with van der Waals surface area (Å²) in [7, 11) is 3.44. The summed E-state index contributed by atoms with van der Waals surface area (Å²) in [6, 6.07) is 15.3.